The summed E-state index contributed by atoms with van der Waals surface area (Å²) >= 11 is 0. The zero-order valence-electron chi connectivity index (χ0n) is 9.28. The van der Waals surface area contributed by atoms with E-state index in [1.165, 1.54) is 31.2 Å². The maximum atomic E-state index is 6.27. The highest BCUT2D eigenvalue weighted by Crippen LogP contribution is 2.34. The second-order valence-electron chi connectivity index (χ2n) is 4.35. The van der Waals surface area contributed by atoms with Crippen LogP contribution in [0.25, 0.3) is 0 Å². The molecule has 1 aromatic rings. The quantitative estimate of drug-likeness (QED) is 0.823. The van der Waals surface area contributed by atoms with Crippen LogP contribution in [0.5, 0.6) is 5.75 Å². The van der Waals surface area contributed by atoms with Crippen molar-refractivity contribution in [3.05, 3.63) is 29.8 Å². The van der Waals surface area contributed by atoms with Gasteiger partial charge in [0.1, 0.15) is 5.75 Å². The first-order valence-electron chi connectivity index (χ1n) is 5.71. The summed E-state index contributed by atoms with van der Waals surface area (Å²) in [6.45, 7) is 0. The lowest BCUT2D eigenvalue weighted by atomic mass is 9.92. The number of ether oxygens (including phenoxy) is 1. The molecule has 2 N–H and O–H groups in total. The van der Waals surface area contributed by atoms with Crippen molar-refractivity contribution in [3.8, 4) is 5.75 Å². The highest BCUT2D eigenvalue weighted by molar-refractivity contribution is 5.30. The van der Waals surface area contributed by atoms with Crippen molar-refractivity contribution >= 4 is 0 Å². The third-order valence-electron chi connectivity index (χ3n) is 3.39. The average molecular weight is 205 g/mol. The van der Waals surface area contributed by atoms with Gasteiger partial charge >= 0.3 is 0 Å². The molecule has 0 radical (unpaired) electrons. The summed E-state index contributed by atoms with van der Waals surface area (Å²) in [5.41, 5.74) is 7.48. The van der Waals surface area contributed by atoms with Gasteiger partial charge in [-0.25, -0.2) is 0 Å². The predicted octanol–water partition coefficient (Wildman–Crippen LogP) is 2.89. The van der Waals surface area contributed by atoms with Crippen LogP contribution < -0.4 is 10.5 Å². The fraction of sp³-hybridized carbons (Fsp3) is 0.538. The molecule has 1 aliphatic rings. The van der Waals surface area contributed by atoms with Crippen LogP contribution in [0.3, 0.4) is 0 Å². The van der Waals surface area contributed by atoms with Crippen LogP contribution in [-0.4, -0.2) is 7.11 Å². The molecule has 2 nitrogen and oxygen atoms in total. The van der Waals surface area contributed by atoms with Gasteiger partial charge in [-0.3, -0.25) is 0 Å². The van der Waals surface area contributed by atoms with E-state index in [4.69, 9.17) is 10.5 Å². The first-order chi connectivity index (χ1) is 7.31. The molecule has 1 aliphatic carbocycles. The van der Waals surface area contributed by atoms with E-state index in [-0.39, 0.29) is 6.04 Å². The molecule has 0 saturated heterocycles. The zero-order valence-corrected chi connectivity index (χ0v) is 9.28. The van der Waals surface area contributed by atoms with Crippen LogP contribution in [0.4, 0.5) is 0 Å². The van der Waals surface area contributed by atoms with E-state index in [1.807, 2.05) is 12.1 Å². The molecule has 0 aromatic heterocycles. The van der Waals surface area contributed by atoms with Gasteiger partial charge in [0.05, 0.1) is 7.11 Å². The fourth-order valence-corrected chi connectivity index (χ4v) is 2.44. The Morgan fingerprint density at radius 1 is 1.33 bits per heavy atom. The molecule has 0 spiro atoms. The van der Waals surface area contributed by atoms with Crippen molar-refractivity contribution in [2.45, 2.75) is 31.7 Å². The van der Waals surface area contributed by atoms with Crippen molar-refractivity contribution < 1.29 is 4.74 Å². The second kappa shape index (κ2) is 4.67. The molecule has 82 valence electrons. The van der Waals surface area contributed by atoms with Gasteiger partial charge in [0, 0.05) is 6.04 Å². The Labute approximate surface area is 91.4 Å². The number of hydrogen-bond acceptors (Lipinski definition) is 2. The van der Waals surface area contributed by atoms with E-state index >= 15 is 0 Å². The highest BCUT2D eigenvalue weighted by Gasteiger charge is 2.23. The zero-order chi connectivity index (χ0) is 10.7. The van der Waals surface area contributed by atoms with Gasteiger partial charge in [-0.2, -0.15) is 0 Å². The SMILES string of the molecule is COc1cccc(C(N)C2CCCC2)c1. The van der Waals surface area contributed by atoms with E-state index in [9.17, 15) is 0 Å². The average Bonchev–Trinajstić information content (AvgIpc) is 2.81. The lowest BCUT2D eigenvalue weighted by Gasteiger charge is -2.19. The third kappa shape index (κ3) is 2.32. The smallest absolute Gasteiger partial charge is 0.119 e. The third-order valence-corrected chi connectivity index (χ3v) is 3.39. The first-order valence-corrected chi connectivity index (χ1v) is 5.71. The van der Waals surface area contributed by atoms with Gasteiger partial charge in [-0.05, 0) is 36.5 Å². The molecule has 0 bridgehead atoms. The van der Waals surface area contributed by atoms with E-state index in [1.54, 1.807) is 7.11 Å². The lowest BCUT2D eigenvalue weighted by Crippen LogP contribution is -2.18. The van der Waals surface area contributed by atoms with E-state index < -0.39 is 0 Å². The lowest BCUT2D eigenvalue weighted by molar-refractivity contribution is 0.409. The Bertz CT molecular complexity index is 318. The number of nitrogens with two attached hydrogens (primary N) is 1. The van der Waals surface area contributed by atoms with Crippen LogP contribution in [0.1, 0.15) is 37.3 Å². The Balaban J connectivity index is 2.13. The summed E-state index contributed by atoms with van der Waals surface area (Å²) in [5, 5.41) is 0. The Kier molecular flexibility index (Phi) is 3.27. The summed E-state index contributed by atoms with van der Waals surface area (Å²) in [6.07, 6.45) is 5.22. The largest absolute Gasteiger partial charge is 0.497 e. The highest BCUT2D eigenvalue weighted by atomic mass is 16.5. The number of benzene rings is 1. The van der Waals surface area contributed by atoms with Crippen molar-refractivity contribution in [2.75, 3.05) is 7.11 Å². The monoisotopic (exact) mass is 205 g/mol. The molecule has 1 unspecified atom stereocenters. The second-order valence-corrected chi connectivity index (χ2v) is 4.35. The van der Waals surface area contributed by atoms with Gasteiger partial charge in [-0.15, -0.1) is 0 Å². The van der Waals surface area contributed by atoms with Gasteiger partial charge in [0.2, 0.25) is 0 Å². The molecule has 0 heterocycles. The summed E-state index contributed by atoms with van der Waals surface area (Å²) in [5.74, 6) is 1.57. The minimum Gasteiger partial charge on any atom is -0.497 e. The molecule has 2 heteroatoms. The maximum Gasteiger partial charge on any atom is 0.119 e. The molecule has 1 aromatic carbocycles. The Hall–Kier alpha value is -1.02. The van der Waals surface area contributed by atoms with Gasteiger partial charge in [-0.1, -0.05) is 25.0 Å². The van der Waals surface area contributed by atoms with Crippen LogP contribution >= 0.6 is 0 Å². The normalized spacial score (nSPS) is 19.1. The number of hydrogen-bond donors (Lipinski definition) is 1. The molecular formula is C13H19NO. The number of rotatable bonds is 3. The topological polar surface area (TPSA) is 35.2 Å². The molecule has 1 atom stereocenters. The minimum atomic E-state index is 0.183. The molecule has 2 rings (SSSR count). The summed E-state index contributed by atoms with van der Waals surface area (Å²) < 4.78 is 5.21. The molecule has 1 saturated carbocycles. The van der Waals surface area contributed by atoms with Crippen LogP contribution in [0, 0.1) is 5.92 Å². The van der Waals surface area contributed by atoms with Gasteiger partial charge < -0.3 is 10.5 Å². The van der Waals surface area contributed by atoms with Crippen LogP contribution in [-0.2, 0) is 0 Å². The van der Waals surface area contributed by atoms with Crippen molar-refractivity contribution in [1.82, 2.24) is 0 Å². The molecular weight excluding hydrogens is 186 g/mol. The van der Waals surface area contributed by atoms with Crippen molar-refractivity contribution in [2.24, 2.45) is 11.7 Å². The van der Waals surface area contributed by atoms with Crippen molar-refractivity contribution in [1.29, 1.82) is 0 Å². The van der Waals surface area contributed by atoms with E-state index in [2.05, 4.69) is 12.1 Å². The minimum absolute atomic E-state index is 0.183. The molecule has 15 heavy (non-hydrogen) atoms. The van der Waals surface area contributed by atoms with E-state index in [0.717, 1.165) is 5.75 Å². The summed E-state index contributed by atoms with van der Waals surface area (Å²) in [7, 11) is 1.69. The number of methoxy groups -OCH3 is 1. The van der Waals surface area contributed by atoms with Crippen molar-refractivity contribution in [3.63, 3.8) is 0 Å². The van der Waals surface area contributed by atoms with Gasteiger partial charge in [0.15, 0.2) is 0 Å². The Morgan fingerprint density at radius 2 is 2.07 bits per heavy atom. The van der Waals surface area contributed by atoms with Crippen LogP contribution in [0.2, 0.25) is 0 Å². The molecule has 0 aliphatic heterocycles. The van der Waals surface area contributed by atoms with Gasteiger partial charge in [0.25, 0.3) is 0 Å². The molecule has 0 amide bonds. The fourth-order valence-electron chi connectivity index (χ4n) is 2.44. The van der Waals surface area contributed by atoms with E-state index in [0.29, 0.717) is 5.92 Å². The summed E-state index contributed by atoms with van der Waals surface area (Å²) in [4.78, 5) is 0. The standard InChI is InChI=1S/C13H19NO/c1-15-12-8-4-7-11(9-12)13(14)10-5-2-3-6-10/h4,7-10,13H,2-3,5-6,14H2,1H3. The predicted molar refractivity (Wildman–Crippen MR) is 61.9 cm³/mol. The Morgan fingerprint density at radius 3 is 2.73 bits per heavy atom. The van der Waals surface area contributed by atoms with Crippen LogP contribution in [0.15, 0.2) is 24.3 Å². The maximum absolute atomic E-state index is 6.27. The summed E-state index contributed by atoms with van der Waals surface area (Å²) in [6, 6.07) is 8.32. The first kappa shape index (κ1) is 10.5. The molecule has 1 fully saturated rings.